The molecule has 0 fully saturated rings. The maximum atomic E-state index is 12.6. The molecule has 0 heterocycles. The van der Waals surface area contributed by atoms with E-state index < -0.39 is 52.4 Å². The van der Waals surface area contributed by atoms with Crippen LogP contribution in [0.3, 0.4) is 0 Å². The summed E-state index contributed by atoms with van der Waals surface area (Å²) in [5.74, 6) is 0.526. The normalized spacial score (nSPS) is 14.3. The summed E-state index contributed by atoms with van der Waals surface area (Å²) in [5, 5.41) is 19.5. The summed E-state index contributed by atoms with van der Waals surface area (Å²) < 4.78 is 125. The van der Waals surface area contributed by atoms with Crippen molar-refractivity contribution in [1.29, 1.82) is 0 Å². The molecular weight excluding hydrogens is 1790 g/mol. The first-order valence-corrected chi connectivity index (χ1v) is 54.3. The summed E-state index contributed by atoms with van der Waals surface area (Å²) in [7, 11) is -17.6. The van der Waals surface area contributed by atoms with Gasteiger partial charge in [-0.15, -0.1) is 19.8 Å². The molecule has 0 aliphatic carbocycles. The standard InChI is InChI=1S/3C16H36O7P2.C12H21O3.3C9H18N2O.Ti/c3*1-5-9-11-15(7-3)13-21-25(20,23-24(17,18)19)22-14-16(8-4)12-10-6-2;1-4-7-14-10-12(6-3,9-13)11-15-8-5-2;3*1-8(2)9(12)10-6-5-7-11(3)4;/h3*15-16H,5-14H2,1-4H3,(H2,17,18,19);4-5H,1-2,6-11H2,3H3;3*1,5-7H2,2-4H3,(H,10,12);/q;;;-1;;;;+4/p-3. The van der Waals surface area contributed by atoms with E-state index in [1.165, 1.54) is 0 Å². The monoisotopic (exact) mass is 1980 g/mol. The van der Waals surface area contributed by atoms with Crippen LogP contribution in [-0.2, 0) is 113 Å². The van der Waals surface area contributed by atoms with Gasteiger partial charge in [-0.25, -0.2) is 13.7 Å². The number of carbonyl (C=O) groups excluding carboxylic acids is 3. The molecule has 0 aliphatic heterocycles. The molecule has 0 bridgehead atoms. The molecule has 6 atom stereocenters. The number of hydrogen-bond donors (Lipinski definition) is 3. The van der Waals surface area contributed by atoms with Gasteiger partial charge in [0.2, 0.25) is 17.7 Å². The van der Waals surface area contributed by atoms with Crippen molar-refractivity contribution in [1.82, 2.24) is 30.7 Å². The molecule has 33 nitrogen and oxygen atoms in total. The molecule has 0 aliphatic rings. The molecule has 0 aromatic heterocycles. The van der Waals surface area contributed by atoms with Gasteiger partial charge in [0.05, 0.1) is 89.5 Å². The van der Waals surface area contributed by atoms with Gasteiger partial charge < -0.3 is 88.3 Å². The van der Waals surface area contributed by atoms with Gasteiger partial charge in [-0.2, -0.15) is 0 Å². The van der Waals surface area contributed by atoms with Gasteiger partial charge in [-0.05, 0) is 182 Å². The van der Waals surface area contributed by atoms with Crippen molar-refractivity contribution in [3.8, 4) is 0 Å². The van der Waals surface area contributed by atoms with Crippen LogP contribution in [0.4, 0.5) is 0 Å². The third-order valence-electron chi connectivity index (χ3n) is 19.4. The molecule has 127 heavy (non-hydrogen) atoms. The maximum absolute atomic E-state index is 12.6. The number of phosphoric acid groups is 6. The summed E-state index contributed by atoms with van der Waals surface area (Å²) in [5.41, 5.74) is 1.30. The zero-order valence-electron chi connectivity index (χ0n) is 85.5. The summed E-state index contributed by atoms with van der Waals surface area (Å²) in [4.78, 5) is 105. The summed E-state index contributed by atoms with van der Waals surface area (Å²) in [6.07, 6.45) is 29.1. The van der Waals surface area contributed by atoms with Crippen molar-refractivity contribution >= 4 is 64.7 Å². The fraction of sp³-hybridized carbons (Fsp3) is 0.851. The topological polar surface area (TPSA) is 462 Å². The predicted octanol–water partition coefficient (Wildman–Crippen LogP) is 16.6. The summed E-state index contributed by atoms with van der Waals surface area (Å²) >= 11 is 0. The van der Waals surface area contributed by atoms with E-state index in [9.17, 15) is 76.2 Å². The minimum absolute atomic E-state index is 0. The number of unbranched alkanes of at least 4 members (excludes halogenated alkanes) is 6. The number of hydrogen-bond acceptors (Lipinski definition) is 30. The molecule has 754 valence electrons. The number of phosphoric ester groups is 3. The fourth-order valence-corrected chi connectivity index (χ4v) is 17.2. The average Bonchev–Trinajstić information content (AvgIpc) is 0.861. The van der Waals surface area contributed by atoms with E-state index in [1.54, 1.807) is 32.9 Å². The average molecular weight is 1980 g/mol. The Hall–Kier alpha value is -1.64. The molecule has 6 unspecified atom stereocenters. The molecule has 3 amide bonds. The quantitative estimate of drug-likeness (QED) is 0.0167. The van der Waals surface area contributed by atoms with Gasteiger partial charge in [0, 0.05) is 41.8 Å². The summed E-state index contributed by atoms with van der Waals surface area (Å²) in [6.45, 7) is 56.1. The number of amides is 3. The van der Waals surface area contributed by atoms with Crippen LogP contribution < -0.4 is 50.4 Å². The number of ether oxygens (including phenoxy) is 2. The largest absolute Gasteiger partial charge is 4.00 e. The SMILES string of the molecule is C=C(C)C(=O)NCCCN(C)C.C=C(C)C(=O)NCCCN(C)C.C=C(C)C(=O)NCCCN(C)C.C=CCOCC(CC)(C[O-])COCC=C.CCCCC(CC)COP(=O)(OCC(CC)CCCC)OP(=O)([O-])[O-].CCCCC(CC)COP(=O)(OCC(CC)CCCC)OP(=O)([O-])[O-].CCCCC(CC)COP(=O)(OCC(CC)CCCC)OP(=O)([O-])[O-].[H+].[H+].[H+].[Ti+4]. The number of nitrogens with zero attached hydrogens (tertiary/aromatic N) is 3. The number of carbonyl (C=O) groups is 3. The molecule has 40 heteroatoms. The van der Waals surface area contributed by atoms with Crippen LogP contribution in [0.25, 0.3) is 0 Å². The van der Waals surface area contributed by atoms with E-state index in [1.807, 2.05) is 90.8 Å². The number of nitrogens with one attached hydrogen (secondary N) is 3. The molecular formula is C87H180N6O27P6Ti. The van der Waals surface area contributed by atoms with Crippen LogP contribution in [-0.4, -0.2) is 187 Å². The Labute approximate surface area is 790 Å². The van der Waals surface area contributed by atoms with Crippen molar-refractivity contribution in [3.05, 3.63) is 61.8 Å². The Morgan fingerprint density at radius 3 is 0.685 bits per heavy atom. The Morgan fingerprint density at radius 2 is 0.559 bits per heavy atom. The van der Waals surface area contributed by atoms with E-state index >= 15 is 0 Å². The molecule has 0 saturated carbocycles. The van der Waals surface area contributed by atoms with Crippen LogP contribution in [0.15, 0.2) is 61.8 Å². The number of rotatable bonds is 73. The van der Waals surface area contributed by atoms with E-state index in [4.69, 9.17) is 36.6 Å². The molecule has 0 rings (SSSR count). The Bertz CT molecular complexity index is 2680. The van der Waals surface area contributed by atoms with Crippen LogP contribution in [0.5, 0.6) is 0 Å². The Balaban J connectivity index is -0.000000144. The second-order valence-corrected chi connectivity index (χ2v) is 41.3. The minimum Gasteiger partial charge on any atom is -0.854 e. The van der Waals surface area contributed by atoms with Gasteiger partial charge in [0.1, 0.15) is 0 Å². The molecule has 0 saturated heterocycles. The van der Waals surface area contributed by atoms with Crippen LogP contribution in [0.1, 0.15) is 295 Å². The van der Waals surface area contributed by atoms with Gasteiger partial charge in [0.25, 0.3) is 0 Å². The first-order chi connectivity index (χ1) is 58.9. The zero-order chi connectivity index (χ0) is 98.3. The molecule has 0 aromatic carbocycles. The van der Waals surface area contributed by atoms with Crippen LogP contribution in [0, 0.1) is 40.9 Å². The second kappa shape index (κ2) is 88.3. The van der Waals surface area contributed by atoms with Crippen LogP contribution >= 0.6 is 46.9 Å². The third-order valence-corrected chi connectivity index (χ3v) is 27.0. The molecule has 3 N–H and O–H groups in total. The first-order valence-electron chi connectivity index (χ1n) is 45.5. The fourth-order valence-electron chi connectivity index (χ4n) is 10.6. The Kier molecular flexibility index (Phi) is 97.9. The smallest absolute Gasteiger partial charge is 0.854 e. The van der Waals surface area contributed by atoms with Gasteiger partial charge in [0.15, 0.2) is 0 Å². The van der Waals surface area contributed by atoms with Crippen molar-refractivity contribution in [2.45, 2.75) is 291 Å². The predicted molar refractivity (Wildman–Crippen MR) is 500 cm³/mol. The van der Waals surface area contributed by atoms with Gasteiger partial charge >= 0.3 is 49.5 Å². The van der Waals surface area contributed by atoms with Crippen molar-refractivity contribution in [2.24, 2.45) is 40.9 Å². The van der Waals surface area contributed by atoms with Crippen molar-refractivity contribution in [3.63, 3.8) is 0 Å². The van der Waals surface area contributed by atoms with Gasteiger partial charge in [-0.3, -0.25) is 54.5 Å². The Morgan fingerprint density at radius 1 is 0.370 bits per heavy atom. The van der Waals surface area contributed by atoms with E-state index in [0.29, 0.717) is 43.1 Å². The van der Waals surface area contributed by atoms with E-state index in [-0.39, 0.29) is 125 Å². The molecule has 0 spiro atoms. The zero-order valence-corrected chi connectivity index (χ0v) is 89.4. The second-order valence-electron chi connectivity index (χ2n) is 32.4. The van der Waals surface area contributed by atoms with Crippen molar-refractivity contribution in [2.75, 3.05) is 154 Å². The molecule has 0 aromatic rings. The first kappa shape index (κ1) is 141. The minimum atomic E-state index is -5.48. The van der Waals surface area contributed by atoms with E-state index in [0.717, 1.165) is 219 Å². The third kappa shape index (κ3) is 95.9. The maximum Gasteiger partial charge on any atom is 4.00 e. The summed E-state index contributed by atoms with van der Waals surface area (Å²) in [6, 6.07) is 0. The molecule has 0 radical (unpaired) electrons. The van der Waals surface area contributed by atoms with Gasteiger partial charge in [-0.1, -0.05) is 237 Å². The van der Waals surface area contributed by atoms with E-state index in [2.05, 4.69) is 118 Å². The van der Waals surface area contributed by atoms with Crippen LogP contribution in [0.2, 0.25) is 0 Å². The van der Waals surface area contributed by atoms with Crippen molar-refractivity contribution < 1.29 is 152 Å².